The number of rotatable bonds is 6. The lowest BCUT2D eigenvalue weighted by Gasteiger charge is -2.11. The quantitative estimate of drug-likeness (QED) is 0.461. The number of anilines is 1. The third-order valence-corrected chi connectivity index (χ3v) is 7.21. The second kappa shape index (κ2) is 8.49. The SMILES string of the molecule is CCC(C)c1ccc(NC(=O)CSc2nc3sc(C)c(C)c3c(=O)n2C)cc1. The summed E-state index contributed by atoms with van der Waals surface area (Å²) >= 11 is 2.80. The van der Waals surface area contributed by atoms with Crippen LogP contribution in [0.15, 0.2) is 34.2 Å². The largest absolute Gasteiger partial charge is 0.325 e. The van der Waals surface area contributed by atoms with Gasteiger partial charge in [0.25, 0.3) is 5.56 Å². The molecule has 3 rings (SSSR count). The summed E-state index contributed by atoms with van der Waals surface area (Å²) in [4.78, 5) is 31.4. The third kappa shape index (κ3) is 4.15. The minimum absolute atomic E-state index is 0.0598. The van der Waals surface area contributed by atoms with E-state index >= 15 is 0 Å². The average Bonchev–Trinajstić information content (AvgIpc) is 2.97. The number of amides is 1. The number of thiophene rings is 1. The molecular formula is C21H25N3O2S2. The van der Waals surface area contributed by atoms with Crippen LogP contribution < -0.4 is 10.9 Å². The van der Waals surface area contributed by atoms with E-state index in [-0.39, 0.29) is 17.2 Å². The van der Waals surface area contributed by atoms with Crippen LogP contribution in [-0.4, -0.2) is 21.2 Å². The van der Waals surface area contributed by atoms with E-state index in [4.69, 9.17) is 0 Å². The Bertz CT molecular complexity index is 1070. The van der Waals surface area contributed by atoms with E-state index in [1.165, 1.54) is 33.2 Å². The van der Waals surface area contributed by atoms with Crippen LogP contribution in [-0.2, 0) is 11.8 Å². The van der Waals surface area contributed by atoms with Gasteiger partial charge in [-0.1, -0.05) is 37.7 Å². The van der Waals surface area contributed by atoms with Gasteiger partial charge in [-0.25, -0.2) is 4.98 Å². The molecule has 0 radical (unpaired) electrons. The maximum Gasteiger partial charge on any atom is 0.262 e. The lowest BCUT2D eigenvalue weighted by molar-refractivity contribution is -0.113. The van der Waals surface area contributed by atoms with Crippen molar-refractivity contribution in [3.05, 3.63) is 50.6 Å². The number of fused-ring (bicyclic) bond motifs is 1. The molecule has 2 heterocycles. The lowest BCUT2D eigenvalue weighted by atomic mass is 9.99. The summed E-state index contributed by atoms with van der Waals surface area (Å²) in [5, 5.41) is 4.15. The normalized spacial score (nSPS) is 12.3. The van der Waals surface area contributed by atoms with E-state index in [0.29, 0.717) is 16.5 Å². The summed E-state index contributed by atoms with van der Waals surface area (Å²) in [6.07, 6.45) is 1.09. The fourth-order valence-electron chi connectivity index (χ4n) is 2.94. The van der Waals surface area contributed by atoms with Crippen LogP contribution in [0.5, 0.6) is 0 Å². The Balaban J connectivity index is 1.69. The van der Waals surface area contributed by atoms with Crippen LogP contribution >= 0.6 is 23.1 Å². The van der Waals surface area contributed by atoms with E-state index in [9.17, 15) is 9.59 Å². The van der Waals surface area contributed by atoms with Crippen LogP contribution in [0, 0.1) is 13.8 Å². The summed E-state index contributed by atoms with van der Waals surface area (Å²) in [7, 11) is 1.70. The molecule has 1 N–H and O–H groups in total. The highest BCUT2D eigenvalue weighted by atomic mass is 32.2. The summed E-state index contributed by atoms with van der Waals surface area (Å²) in [5.74, 6) is 0.587. The smallest absolute Gasteiger partial charge is 0.262 e. The summed E-state index contributed by atoms with van der Waals surface area (Å²) in [6.45, 7) is 8.29. The van der Waals surface area contributed by atoms with Crippen molar-refractivity contribution in [2.45, 2.75) is 45.2 Å². The average molecular weight is 416 g/mol. The number of carbonyl (C=O) groups is 1. The van der Waals surface area contributed by atoms with Crippen molar-refractivity contribution in [3.63, 3.8) is 0 Å². The van der Waals surface area contributed by atoms with Crippen LogP contribution in [0.25, 0.3) is 10.2 Å². The van der Waals surface area contributed by atoms with Crippen molar-refractivity contribution in [2.75, 3.05) is 11.1 Å². The molecule has 2 aromatic heterocycles. The molecule has 0 bridgehead atoms. The summed E-state index contributed by atoms with van der Waals surface area (Å²) < 4.78 is 1.53. The number of aryl methyl sites for hydroxylation is 2. The number of hydrogen-bond acceptors (Lipinski definition) is 5. The topological polar surface area (TPSA) is 64.0 Å². The van der Waals surface area contributed by atoms with E-state index < -0.39 is 0 Å². The first-order valence-electron chi connectivity index (χ1n) is 9.31. The molecular weight excluding hydrogens is 390 g/mol. The first kappa shape index (κ1) is 20.6. The fraction of sp³-hybridized carbons (Fsp3) is 0.381. The highest BCUT2D eigenvalue weighted by Crippen LogP contribution is 2.28. The molecule has 148 valence electrons. The van der Waals surface area contributed by atoms with E-state index in [2.05, 4.69) is 36.3 Å². The Kier molecular flexibility index (Phi) is 6.25. The van der Waals surface area contributed by atoms with Crippen molar-refractivity contribution in [3.8, 4) is 0 Å². The van der Waals surface area contributed by atoms with Gasteiger partial charge in [0, 0.05) is 17.6 Å². The fourth-order valence-corrected chi connectivity index (χ4v) is 4.79. The Labute approximate surface area is 173 Å². The van der Waals surface area contributed by atoms with Gasteiger partial charge in [-0.2, -0.15) is 0 Å². The van der Waals surface area contributed by atoms with Gasteiger partial charge in [0.15, 0.2) is 5.16 Å². The van der Waals surface area contributed by atoms with Crippen molar-refractivity contribution >= 4 is 44.9 Å². The van der Waals surface area contributed by atoms with E-state index in [0.717, 1.165) is 27.4 Å². The second-order valence-electron chi connectivity index (χ2n) is 6.99. The highest BCUT2D eigenvalue weighted by molar-refractivity contribution is 7.99. The second-order valence-corrected chi connectivity index (χ2v) is 9.14. The van der Waals surface area contributed by atoms with E-state index in [1.807, 2.05) is 26.0 Å². The predicted octanol–water partition coefficient (Wildman–Crippen LogP) is 4.86. The number of aromatic nitrogens is 2. The molecule has 0 spiro atoms. The van der Waals surface area contributed by atoms with Crippen LogP contribution in [0.2, 0.25) is 0 Å². The van der Waals surface area contributed by atoms with Crippen molar-refractivity contribution in [1.29, 1.82) is 0 Å². The lowest BCUT2D eigenvalue weighted by Crippen LogP contribution is -2.21. The van der Waals surface area contributed by atoms with Gasteiger partial charge in [0.2, 0.25) is 5.91 Å². The minimum Gasteiger partial charge on any atom is -0.325 e. The number of nitrogens with one attached hydrogen (secondary N) is 1. The third-order valence-electron chi connectivity index (χ3n) is 5.08. The number of nitrogens with zero attached hydrogens (tertiary/aromatic N) is 2. The van der Waals surface area contributed by atoms with Gasteiger partial charge in [-0.3, -0.25) is 14.2 Å². The number of thioether (sulfide) groups is 1. The standard InChI is InChI=1S/C21H25N3O2S2/c1-6-12(2)15-7-9-16(10-8-15)22-17(25)11-27-21-23-19-18(20(26)24(21)5)13(3)14(4)28-19/h7-10,12H,6,11H2,1-5H3,(H,22,25). The predicted molar refractivity (Wildman–Crippen MR) is 119 cm³/mol. The zero-order chi connectivity index (χ0) is 20.4. The van der Waals surface area contributed by atoms with Crippen molar-refractivity contribution in [2.24, 2.45) is 7.05 Å². The molecule has 0 aliphatic heterocycles. The van der Waals surface area contributed by atoms with Gasteiger partial charge in [-0.15, -0.1) is 11.3 Å². The number of hydrogen-bond donors (Lipinski definition) is 1. The Morgan fingerprint density at radius 3 is 2.61 bits per heavy atom. The van der Waals surface area contributed by atoms with Gasteiger partial charge < -0.3 is 5.32 Å². The molecule has 0 saturated heterocycles. The maximum absolute atomic E-state index is 12.6. The zero-order valence-electron chi connectivity index (χ0n) is 16.8. The Morgan fingerprint density at radius 1 is 1.29 bits per heavy atom. The molecule has 0 fully saturated rings. The molecule has 7 heteroatoms. The van der Waals surface area contributed by atoms with Crippen LogP contribution in [0.3, 0.4) is 0 Å². The number of carbonyl (C=O) groups excluding carboxylic acids is 1. The molecule has 0 saturated carbocycles. The first-order valence-corrected chi connectivity index (χ1v) is 11.1. The molecule has 0 aliphatic rings. The molecule has 1 unspecified atom stereocenters. The van der Waals surface area contributed by atoms with Crippen LogP contribution in [0.1, 0.15) is 42.2 Å². The monoisotopic (exact) mass is 415 g/mol. The van der Waals surface area contributed by atoms with Gasteiger partial charge in [-0.05, 0) is 49.4 Å². The molecule has 5 nitrogen and oxygen atoms in total. The summed E-state index contributed by atoms with van der Waals surface area (Å²) in [5.41, 5.74) is 2.97. The molecule has 28 heavy (non-hydrogen) atoms. The highest BCUT2D eigenvalue weighted by Gasteiger charge is 2.16. The Morgan fingerprint density at radius 2 is 1.96 bits per heavy atom. The van der Waals surface area contributed by atoms with Gasteiger partial charge in [0.1, 0.15) is 4.83 Å². The zero-order valence-corrected chi connectivity index (χ0v) is 18.5. The van der Waals surface area contributed by atoms with Gasteiger partial charge in [0.05, 0.1) is 11.1 Å². The van der Waals surface area contributed by atoms with Gasteiger partial charge >= 0.3 is 0 Å². The minimum atomic E-state index is -0.117. The summed E-state index contributed by atoms with van der Waals surface area (Å²) in [6, 6.07) is 7.97. The molecule has 1 aromatic carbocycles. The maximum atomic E-state index is 12.6. The van der Waals surface area contributed by atoms with Crippen molar-refractivity contribution in [1.82, 2.24) is 9.55 Å². The molecule has 1 atom stereocenters. The number of benzene rings is 1. The van der Waals surface area contributed by atoms with Crippen LogP contribution in [0.4, 0.5) is 5.69 Å². The first-order chi connectivity index (χ1) is 13.3. The van der Waals surface area contributed by atoms with E-state index in [1.54, 1.807) is 7.05 Å². The molecule has 3 aromatic rings. The Hall–Kier alpha value is -2.12. The van der Waals surface area contributed by atoms with Crippen molar-refractivity contribution < 1.29 is 4.79 Å². The molecule has 1 amide bonds. The molecule has 0 aliphatic carbocycles.